The molecule has 7 nitrogen and oxygen atoms in total. The first-order valence-electron chi connectivity index (χ1n) is 7.25. The van der Waals surface area contributed by atoms with Gasteiger partial charge in [-0.3, -0.25) is 14.7 Å². The average Bonchev–Trinajstić information content (AvgIpc) is 2.55. The normalized spacial score (nSPS) is 12.5. The molecule has 0 unspecified atom stereocenters. The molecule has 2 aromatic rings. The molecule has 24 heavy (non-hydrogen) atoms. The molecule has 2 aromatic carbocycles. The molecule has 128 valence electrons. The molecule has 8 heteroatoms. The molecule has 0 aromatic heterocycles. The van der Waals surface area contributed by atoms with Crippen molar-refractivity contribution in [2.75, 3.05) is 5.06 Å². The Morgan fingerprint density at radius 2 is 1.67 bits per heavy atom. The maximum absolute atomic E-state index is 12.1. The van der Waals surface area contributed by atoms with Gasteiger partial charge in [0, 0.05) is 0 Å². The lowest BCUT2D eigenvalue weighted by Gasteiger charge is -2.29. The zero-order valence-electron chi connectivity index (χ0n) is 13.1. The molecular weight excluding hydrogens is 331 g/mol. The van der Waals surface area contributed by atoms with Gasteiger partial charge in [0.1, 0.15) is 6.04 Å². The van der Waals surface area contributed by atoms with Crippen LogP contribution in [0.2, 0.25) is 0 Å². The first-order valence-corrected chi connectivity index (χ1v) is 8.87. The zero-order chi connectivity index (χ0) is 17.6. The lowest BCUT2D eigenvalue weighted by molar-refractivity contribution is -0.122. The number of nitrogens with one attached hydrogen (secondary N) is 1. The Labute approximate surface area is 140 Å². The van der Waals surface area contributed by atoms with E-state index in [1.54, 1.807) is 29.4 Å². The van der Waals surface area contributed by atoms with Crippen molar-refractivity contribution in [3.8, 4) is 0 Å². The summed E-state index contributed by atoms with van der Waals surface area (Å²) in [6.45, 7) is 1.71. The van der Waals surface area contributed by atoms with Crippen molar-refractivity contribution >= 4 is 19.3 Å². The third-order valence-electron chi connectivity index (χ3n) is 3.21. The van der Waals surface area contributed by atoms with E-state index < -0.39 is 19.7 Å². The van der Waals surface area contributed by atoms with Crippen LogP contribution in [0.25, 0.3) is 0 Å². The van der Waals surface area contributed by atoms with E-state index >= 15 is 0 Å². The maximum atomic E-state index is 12.1. The third-order valence-corrected chi connectivity index (χ3v) is 3.72. The number of anilines is 1. The van der Waals surface area contributed by atoms with Crippen molar-refractivity contribution in [3.05, 3.63) is 66.2 Å². The van der Waals surface area contributed by atoms with Crippen LogP contribution in [0.15, 0.2) is 60.7 Å². The first-order chi connectivity index (χ1) is 11.4. The van der Waals surface area contributed by atoms with Gasteiger partial charge in [-0.25, -0.2) is 9.63 Å². The second-order valence-electron chi connectivity index (χ2n) is 5.12. The Balaban J connectivity index is 2.16. The van der Waals surface area contributed by atoms with Crippen molar-refractivity contribution in [1.29, 1.82) is 0 Å². The van der Waals surface area contributed by atoms with Gasteiger partial charge in [-0.15, -0.1) is 0 Å². The summed E-state index contributed by atoms with van der Waals surface area (Å²) in [5, 5.41) is 3.00. The number of benzene rings is 2. The van der Waals surface area contributed by atoms with E-state index in [1.165, 1.54) is 12.0 Å². The summed E-state index contributed by atoms with van der Waals surface area (Å²) in [5.74, 6) is -0.833. The topological polar surface area (TPSA) is 99.1 Å². The number of hydroxylamine groups is 1. The minimum absolute atomic E-state index is 0.212. The van der Waals surface area contributed by atoms with E-state index in [-0.39, 0.29) is 6.61 Å². The van der Waals surface area contributed by atoms with Crippen LogP contribution in [0.4, 0.5) is 5.69 Å². The fourth-order valence-corrected chi connectivity index (χ4v) is 2.52. The number of para-hydroxylation sites is 1. The smallest absolute Gasteiger partial charge is 0.308 e. The highest BCUT2D eigenvalue weighted by Crippen LogP contribution is 2.29. The Hall–Kier alpha value is -2.18. The molecule has 1 atom stereocenters. The molecule has 2 rings (SSSR count). The number of hydrogen-bond donors (Lipinski definition) is 3. The fraction of sp³-hybridized carbons (Fsp3) is 0.188. The lowest BCUT2D eigenvalue weighted by Crippen LogP contribution is -2.44. The second-order valence-corrected chi connectivity index (χ2v) is 6.43. The van der Waals surface area contributed by atoms with Crippen LogP contribution in [0.1, 0.15) is 12.5 Å². The molecule has 0 aliphatic carbocycles. The molecule has 1 amide bonds. The van der Waals surface area contributed by atoms with E-state index in [9.17, 15) is 9.36 Å². The van der Waals surface area contributed by atoms with E-state index in [1.807, 2.05) is 36.4 Å². The number of rotatable bonds is 7. The predicted octanol–water partition coefficient (Wildman–Crippen LogP) is 2.22. The van der Waals surface area contributed by atoms with Gasteiger partial charge >= 0.3 is 7.75 Å². The van der Waals surface area contributed by atoms with Gasteiger partial charge in [0.2, 0.25) is 0 Å². The van der Waals surface area contributed by atoms with E-state index in [4.69, 9.17) is 14.6 Å². The summed E-state index contributed by atoms with van der Waals surface area (Å²) in [4.78, 5) is 35.6. The summed E-state index contributed by atoms with van der Waals surface area (Å²) in [7, 11) is -4.67. The molecule has 0 saturated heterocycles. The van der Waals surface area contributed by atoms with E-state index in [0.717, 1.165) is 5.56 Å². The van der Waals surface area contributed by atoms with Crippen LogP contribution in [-0.4, -0.2) is 21.7 Å². The van der Waals surface area contributed by atoms with Crippen LogP contribution in [0, 0.1) is 0 Å². The van der Waals surface area contributed by atoms with Crippen LogP contribution in [0.5, 0.6) is 0 Å². The highest BCUT2D eigenvalue weighted by Gasteiger charge is 2.27. The summed E-state index contributed by atoms with van der Waals surface area (Å²) < 4.78 is 11.0. The second kappa shape index (κ2) is 8.08. The van der Waals surface area contributed by atoms with Crippen LogP contribution in [-0.2, 0) is 20.8 Å². The largest absolute Gasteiger partial charge is 0.429 e. The Bertz CT molecular complexity index is 705. The lowest BCUT2D eigenvalue weighted by atomic mass is 10.2. The minimum Gasteiger partial charge on any atom is -0.308 e. The molecule has 3 N–H and O–H groups in total. The van der Waals surface area contributed by atoms with Crippen molar-refractivity contribution in [2.45, 2.75) is 19.6 Å². The minimum atomic E-state index is -4.67. The summed E-state index contributed by atoms with van der Waals surface area (Å²) in [5.41, 5.74) is 1.50. The molecule has 0 heterocycles. The molecule has 0 bridgehead atoms. The number of carbonyl (C=O) groups is 1. The summed E-state index contributed by atoms with van der Waals surface area (Å²) >= 11 is 0. The third kappa shape index (κ3) is 5.47. The summed E-state index contributed by atoms with van der Waals surface area (Å²) in [6, 6.07) is 17.3. The summed E-state index contributed by atoms with van der Waals surface area (Å²) in [6.07, 6.45) is 0. The monoisotopic (exact) mass is 350 g/mol. The quantitative estimate of drug-likeness (QED) is 0.523. The van der Waals surface area contributed by atoms with Gasteiger partial charge in [-0.2, -0.15) is 0 Å². The van der Waals surface area contributed by atoms with Gasteiger partial charge in [0.25, 0.3) is 5.91 Å². The van der Waals surface area contributed by atoms with Crippen molar-refractivity contribution in [3.63, 3.8) is 0 Å². The van der Waals surface area contributed by atoms with Crippen molar-refractivity contribution in [2.24, 2.45) is 0 Å². The molecule has 0 aliphatic rings. The highest BCUT2D eigenvalue weighted by atomic mass is 31.2. The van der Waals surface area contributed by atoms with E-state index in [0.29, 0.717) is 5.69 Å². The number of hydrogen-bond acceptors (Lipinski definition) is 4. The molecule has 0 fully saturated rings. The molecule has 0 aliphatic heterocycles. The predicted molar refractivity (Wildman–Crippen MR) is 89.8 cm³/mol. The Morgan fingerprint density at radius 3 is 2.21 bits per heavy atom. The van der Waals surface area contributed by atoms with Gasteiger partial charge in [0.15, 0.2) is 0 Å². The van der Waals surface area contributed by atoms with E-state index in [2.05, 4.69) is 0 Å². The van der Waals surface area contributed by atoms with Gasteiger partial charge in [0.05, 0.1) is 12.3 Å². The SMILES string of the molecule is C[C@@H](C(=O)NP(=O)(O)O)N(OCc1ccccc1)c1ccccc1. The zero-order valence-corrected chi connectivity index (χ0v) is 14.0. The number of amides is 1. The van der Waals surface area contributed by atoms with Crippen LogP contribution in [0.3, 0.4) is 0 Å². The van der Waals surface area contributed by atoms with Crippen LogP contribution >= 0.6 is 7.75 Å². The van der Waals surface area contributed by atoms with Gasteiger partial charge in [-0.05, 0) is 24.6 Å². The maximum Gasteiger partial charge on any atom is 0.429 e. The Morgan fingerprint density at radius 1 is 1.12 bits per heavy atom. The molecular formula is C16H19N2O5P. The number of carbonyl (C=O) groups excluding carboxylic acids is 1. The average molecular weight is 350 g/mol. The highest BCUT2D eigenvalue weighted by molar-refractivity contribution is 7.50. The molecule has 0 spiro atoms. The Kier molecular flexibility index (Phi) is 6.11. The number of nitrogens with zero attached hydrogens (tertiary/aromatic N) is 1. The van der Waals surface area contributed by atoms with Crippen LogP contribution < -0.4 is 10.2 Å². The van der Waals surface area contributed by atoms with Crippen molar-refractivity contribution in [1.82, 2.24) is 5.09 Å². The first kappa shape index (κ1) is 18.2. The standard InChI is InChI=1S/C16H19N2O5P/c1-13(16(19)17-24(20,21)22)18(15-10-6-3-7-11-15)23-12-14-8-4-2-5-9-14/h2-11,13H,12H2,1H3,(H3,17,19,20,21,22)/t13-/m0/s1. The fourth-order valence-electron chi connectivity index (χ4n) is 2.05. The van der Waals surface area contributed by atoms with Gasteiger partial charge < -0.3 is 9.79 Å². The molecule has 0 radical (unpaired) electrons. The molecule has 0 saturated carbocycles. The van der Waals surface area contributed by atoms with Crippen molar-refractivity contribution < 1.29 is 24.0 Å². The van der Waals surface area contributed by atoms with Gasteiger partial charge in [-0.1, -0.05) is 48.5 Å².